The topological polar surface area (TPSA) is 32.3 Å². The zero-order valence-electron chi connectivity index (χ0n) is 10.8. The monoisotopic (exact) mass is 236 g/mol. The van der Waals surface area contributed by atoms with E-state index >= 15 is 0 Å². The van der Waals surface area contributed by atoms with Crippen LogP contribution in [-0.2, 0) is 4.79 Å². The molecule has 2 saturated heterocycles. The molecule has 3 nitrogen and oxygen atoms in total. The quantitative estimate of drug-likeness (QED) is 0.807. The van der Waals surface area contributed by atoms with Crippen LogP contribution < -0.4 is 5.32 Å². The van der Waals surface area contributed by atoms with Crippen LogP contribution in [0.4, 0.5) is 0 Å². The number of amides is 1. The van der Waals surface area contributed by atoms with Gasteiger partial charge in [0.2, 0.25) is 5.91 Å². The number of fused-ring (bicyclic) bond motifs is 2. The SMILES string of the molecule is CN(CCC1CC2CCC(C1)N2)C(=O)C1CC1. The van der Waals surface area contributed by atoms with E-state index in [9.17, 15) is 4.79 Å². The third-order valence-electron chi connectivity index (χ3n) is 4.75. The predicted octanol–water partition coefficient (Wildman–Crippen LogP) is 1.78. The molecule has 2 bridgehead atoms. The number of nitrogens with one attached hydrogen (secondary N) is 1. The Balaban J connectivity index is 1.43. The summed E-state index contributed by atoms with van der Waals surface area (Å²) in [4.78, 5) is 13.8. The highest BCUT2D eigenvalue weighted by molar-refractivity contribution is 5.80. The van der Waals surface area contributed by atoms with Crippen LogP contribution in [0.2, 0.25) is 0 Å². The van der Waals surface area contributed by atoms with Gasteiger partial charge in [-0.05, 0) is 50.9 Å². The second-order valence-corrected chi connectivity index (χ2v) is 6.30. The van der Waals surface area contributed by atoms with Crippen molar-refractivity contribution in [2.24, 2.45) is 11.8 Å². The van der Waals surface area contributed by atoms with Gasteiger partial charge in [0, 0.05) is 31.6 Å². The fourth-order valence-corrected chi connectivity index (χ4v) is 3.54. The number of hydrogen-bond acceptors (Lipinski definition) is 2. The lowest BCUT2D eigenvalue weighted by atomic mass is 9.89. The number of nitrogens with zero attached hydrogens (tertiary/aromatic N) is 1. The largest absolute Gasteiger partial charge is 0.346 e. The third-order valence-corrected chi connectivity index (χ3v) is 4.75. The van der Waals surface area contributed by atoms with E-state index in [0.717, 1.165) is 37.4 Å². The van der Waals surface area contributed by atoms with Gasteiger partial charge in [0.1, 0.15) is 0 Å². The summed E-state index contributed by atoms with van der Waals surface area (Å²) in [5, 5.41) is 3.68. The Morgan fingerprint density at radius 1 is 1.18 bits per heavy atom. The molecule has 0 aromatic heterocycles. The van der Waals surface area contributed by atoms with Gasteiger partial charge in [-0.3, -0.25) is 4.79 Å². The predicted molar refractivity (Wildman–Crippen MR) is 67.6 cm³/mol. The van der Waals surface area contributed by atoms with Crippen molar-refractivity contribution in [1.82, 2.24) is 10.2 Å². The molecule has 2 unspecified atom stereocenters. The fraction of sp³-hybridized carbons (Fsp3) is 0.929. The van der Waals surface area contributed by atoms with Gasteiger partial charge < -0.3 is 10.2 Å². The maximum absolute atomic E-state index is 11.8. The van der Waals surface area contributed by atoms with Crippen LogP contribution in [0, 0.1) is 11.8 Å². The summed E-state index contributed by atoms with van der Waals surface area (Å²) >= 11 is 0. The first kappa shape index (κ1) is 11.5. The molecule has 1 saturated carbocycles. The molecule has 3 heteroatoms. The van der Waals surface area contributed by atoms with Crippen molar-refractivity contribution in [3.8, 4) is 0 Å². The molecule has 17 heavy (non-hydrogen) atoms. The standard InChI is InChI=1S/C14H24N2O/c1-16(14(17)11-2-3-11)7-6-10-8-12-4-5-13(9-10)15-12/h10-13,15H,2-9H2,1H3. The molecular formula is C14H24N2O. The highest BCUT2D eigenvalue weighted by atomic mass is 16.2. The molecule has 3 fully saturated rings. The zero-order chi connectivity index (χ0) is 11.8. The van der Waals surface area contributed by atoms with Crippen molar-refractivity contribution in [3.05, 3.63) is 0 Å². The maximum atomic E-state index is 11.8. The Labute approximate surface area is 104 Å². The van der Waals surface area contributed by atoms with E-state index in [1.807, 2.05) is 11.9 Å². The highest BCUT2D eigenvalue weighted by Gasteiger charge is 2.34. The maximum Gasteiger partial charge on any atom is 0.225 e. The van der Waals surface area contributed by atoms with E-state index in [4.69, 9.17) is 0 Å². The van der Waals surface area contributed by atoms with Gasteiger partial charge in [0.05, 0.1) is 0 Å². The van der Waals surface area contributed by atoms with Crippen molar-refractivity contribution in [2.75, 3.05) is 13.6 Å². The van der Waals surface area contributed by atoms with E-state index in [1.165, 1.54) is 32.1 Å². The first-order chi connectivity index (χ1) is 8.22. The number of carbonyl (C=O) groups is 1. The lowest BCUT2D eigenvalue weighted by molar-refractivity contribution is -0.131. The molecule has 1 amide bonds. The summed E-state index contributed by atoms with van der Waals surface area (Å²) in [6, 6.07) is 1.56. The average Bonchev–Trinajstić information content (AvgIpc) is 3.12. The molecule has 96 valence electrons. The molecule has 2 heterocycles. The molecule has 2 aliphatic heterocycles. The zero-order valence-corrected chi connectivity index (χ0v) is 10.8. The van der Waals surface area contributed by atoms with Gasteiger partial charge in [0.25, 0.3) is 0 Å². The molecule has 0 aromatic rings. The van der Waals surface area contributed by atoms with E-state index in [-0.39, 0.29) is 0 Å². The average molecular weight is 236 g/mol. The van der Waals surface area contributed by atoms with Crippen LogP contribution in [0.25, 0.3) is 0 Å². The first-order valence-electron chi connectivity index (χ1n) is 7.23. The van der Waals surface area contributed by atoms with Crippen LogP contribution >= 0.6 is 0 Å². The van der Waals surface area contributed by atoms with E-state index in [1.54, 1.807) is 0 Å². The molecular weight excluding hydrogens is 212 g/mol. The fourth-order valence-electron chi connectivity index (χ4n) is 3.54. The number of rotatable bonds is 4. The van der Waals surface area contributed by atoms with Gasteiger partial charge >= 0.3 is 0 Å². The molecule has 0 aromatic carbocycles. The Bertz CT molecular complexity index is 289. The number of hydrogen-bond donors (Lipinski definition) is 1. The first-order valence-corrected chi connectivity index (χ1v) is 7.23. The minimum Gasteiger partial charge on any atom is -0.346 e. The molecule has 3 aliphatic rings. The molecule has 2 atom stereocenters. The molecule has 0 spiro atoms. The minimum atomic E-state index is 0.379. The van der Waals surface area contributed by atoms with Gasteiger partial charge in [-0.25, -0.2) is 0 Å². The van der Waals surface area contributed by atoms with Crippen LogP contribution in [0.3, 0.4) is 0 Å². The van der Waals surface area contributed by atoms with Gasteiger partial charge in [-0.15, -0.1) is 0 Å². The minimum absolute atomic E-state index is 0.379. The lowest BCUT2D eigenvalue weighted by Crippen LogP contribution is -2.39. The summed E-state index contributed by atoms with van der Waals surface area (Å²) in [7, 11) is 1.98. The van der Waals surface area contributed by atoms with Crippen LogP contribution in [0.5, 0.6) is 0 Å². The molecule has 1 N–H and O–H groups in total. The van der Waals surface area contributed by atoms with Crippen LogP contribution in [-0.4, -0.2) is 36.5 Å². The summed E-state index contributed by atoms with van der Waals surface area (Å²) in [6.07, 6.45) is 8.88. The Morgan fingerprint density at radius 3 is 2.41 bits per heavy atom. The van der Waals surface area contributed by atoms with E-state index < -0.39 is 0 Å². The number of piperidine rings is 1. The van der Waals surface area contributed by atoms with E-state index in [0.29, 0.717) is 11.8 Å². The Hall–Kier alpha value is -0.570. The Morgan fingerprint density at radius 2 is 1.82 bits per heavy atom. The van der Waals surface area contributed by atoms with Crippen molar-refractivity contribution < 1.29 is 4.79 Å². The van der Waals surface area contributed by atoms with E-state index in [2.05, 4.69) is 5.32 Å². The Kier molecular flexibility index (Phi) is 3.12. The molecule has 1 aliphatic carbocycles. The van der Waals surface area contributed by atoms with Crippen molar-refractivity contribution in [3.63, 3.8) is 0 Å². The summed E-state index contributed by atoms with van der Waals surface area (Å²) in [5.41, 5.74) is 0. The molecule has 0 radical (unpaired) electrons. The summed E-state index contributed by atoms with van der Waals surface area (Å²) in [6.45, 7) is 0.972. The van der Waals surface area contributed by atoms with Crippen molar-refractivity contribution in [1.29, 1.82) is 0 Å². The van der Waals surface area contributed by atoms with Crippen molar-refractivity contribution >= 4 is 5.91 Å². The third kappa shape index (κ3) is 2.65. The number of carbonyl (C=O) groups excluding carboxylic acids is 1. The summed E-state index contributed by atoms with van der Waals surface area (Å²) < 4.78 is 0. The second-order valence-electron chi connectivity index (χ2n) is 6.30. The molecule has 3 rings (SSSR count). The van der Waals surface area contributed by atoms with Crippen LogP contribution in [0.1, 0.15) is 44.9 Å². The smallest absolute Gasteiger partial charge is 0.225 e. The van der Waals surface area contributed by atoms with Crippen LogP contribution in [0.15, 0.2) is 0 Å². The second kappa shape index (κ2) is 4.60. The van der Waals surface area contributed by atoms with Crippen molar-refractivity contribution in [2.45, 2.75) is 57.0 Å². The van der Waals surface area contributed by atoms with Gasteiger partial charge in [-0.1, -0.05) is 0 Å². The van der Waals surface area contributed by atoms with Gasteiger partial charge in [-0.2, -0.15) is 0 Å². The van der Waals surface area contributed by atoms with Gasteiger partial charge in [0.15, 0.2) is 0 Å². The lowest BCUT2D eigenvalue weighted by Gasteiger charge is -2.30. The highest BCUT2D eigenvalue weighted by Crippen LogP contribution is 2.33. The summed E-state index contributed by atoms with van der Waals surface area (Å²) in [5.74, 6) is 1.62. The normalized spacial score (nSPS) is 35.9.